The van der Waals surface area contributed by atoms with Gasteiger partial charge in [-0.2, -0.15) is 0 Å². The predicted molar refractivity (Wildman–Crippen MR) is 70.3 cm³/mol. The first-order valence-electron chi connectivity index (χ1n) is 6.84. The lowest BCUT2D eigenvalue weighted by Crippen LogP contribution is -2.39. The molecule has 5 nitrogen and oxygen atoms in total. The van der Waals surface area contributed by atoms with E-state index in [1.54, 1.807) is 0 Å². The second-order valence-corrected chi connectivity index (χ2v) is 5.00. The summed E-state index contributed by atoms with van der Waals surface area (Å²) in [6.45, 7) is 4.91. The van der Waals surface area contributed by atoms with Crippen LogP contribution in [0.3, 0.4) is 0 Å². The molecule has 1 saturated carbocycles. The zero-order valence-corrected chi connectivity index (χ0v) is 11.5. The van der Waals surface area contributed by atoms with E-state index in [0.29, 0.717) is 32.2 Å². The van der Waals surface area contributed by atoms with E-state index >= 15 is 0 Å². The maximum atomic E-state index is 11.6. The van der Waals surface area contributed by atoms with Crippen LogP contribution in [0.25, 0.3) is 0 Å². The summed E-state index contributed by atoms with van der Waals surface area (Å²) in [5, 5.41) is 12.5. The molecule has 0 aromatic carbocycles. The number of ether oxygens (including phenoxy) is 1. The van der Waals surface area contributed by atoms with Gasteiger partial charge in [-0.1, -0.05) is 6.42 Å². The fourth-order valence-corrected chi connectivity index (χ4v) is 2.40. The number of aliphatic hydroxyl groups excluding tert-OH is 1. The molecule has 1 amide bonds. The first kappa shape index (κ1) is 15.4. The first-order chi connectivity index (χ1) is 8.63. The minimum Gasteiger partial charge on any atom is -0.393 e. The Morgan fingerprint density at radius 1 is 1.50 bits per heavy atom. The highest BCUT2D eigenvalue weighted by Gasteiger charge is 2.26. The van der Waals surface area contributed by atoms with Crippen LogP contribution in [0.15, 0.2) is 0 Å². The van der Waals surface area contributed by atoms with Gasteiger partial charge >= 0.3 is 0 Å². The molecule has 18 heavy (non-hydrogen) atoms. The molecule has 0 saturated heterocycles. The highest BCUT2D eigenvalue weighted by Crippen LogP contribution is 2.25. The van der Waals surface area contributed by atoms with Crippen molar-refractivity contribution < 1.29 is 14.6 Å². The topological polar surface area (TPSA) is 61.8 Å². The van der Waals surface area contributed by atoms with E-state index < -0.39 is 0 Å². The number of nitrogens with one attached hydrogen (secondary N) is 1. The Labute approximate surface area is 109 Å². The van der Waals surface area contributed by atoms with Crippen LogP contribution in [-0.4, -0.2) is 61.9 Å². The minimum atomic E-state index is -0.187. The van der Waals surface area contributed by atoms with Crippen LogP contribution in [0, 0.1) is 5.92 Å². The summed E-state index contributed by atoms with van der Waals surface area (Å²) in [7, 11) is 1.92. The lowest BCUT2D eigenvalue weighted by molar-refractivity contribution is -0.122. The van der Waals surface area contributed by atoms with Crippen LogP contribution in [0.1, 0.15) is 26.2 Å². The van der Waals surface area contributed by atoms with Crippen LogP contribution >= 0.6 is 0 Å². The largest absolute Gasteiger partial charge is 0.393 e. The number of carbonyl (C=O) groups is 1. The normalized spacial score (nSPS) is 23.6. The zero-order valence-electron chi connectivity index (χ0n) is 11.5. The lowest BCUT2D eigenvalue weighted by atomic mass is 10.1. The molecule has 0 aliphatic heterocycles. The van der Waals surface area contributed by atoms with Gasteiger partial charge in [0, 0.05) is 19.7 Å². The van der Waals surface area contributed by atoms with Crippen molar-refractivity contribution in [1.29, 1.82) is 0 Å². The second-order valence-electron chi connectivity index (χ2n) is 5.00. The molecule has 0 bridgehead atoms. The van der Waals surface area contributed by atoms with Gasteiger partial charge in [0.25, 0.3) is 0 Å². The molecule has 1 aliphatic carbocycles. The number of amides is 1. The van der Waals surface area contributed by atoms with Crippen molar-refractivity contribution in [3.8, 4) is 0 Å². The quantitative estimate of drug-likeness (QED) is 0.612. The summed E-state index contributed by atoms with van der Waals surface area (Å²) in [6, 6.07) is 0. The SMILES string of the molecule is CCOCCNC(=O)CN(C)CC1CCCC1O. The smallest absolute Gasteiger partial charge is 0.234 e. The standard InChI is InChI=1S/C13H26N2O3/c1-3-18-8-7-14-13(17)10-15(2)9-11-5-4-6-12(11)16/h11-12,16H,3-10H2,1-2H3,(H,14,17). The third kappa shape index (κ3) is 5.80. The molecule has 2 unspecified atom stereocenters. The number of hydrogen-bond donors (Lipinski definition) is 2. The Bertz CT molecular complexity index is 248. The van der Waals surface area contributed by atoms with E-state index in [1.165, 1.54) is 0 Å². The summed E-state index contributed by atoms with van der Waals surface area (Å²) < 4.78 is 5.15. The molecule has 2 atom stereocenters. The van der Waals surface area contributed by atoms with E-state index in [2.05, 4.69) is 5.32 Å². The van der Waals surface area contributed by atoms with Crippen molar-refractivity contribution in [3.63, 3.8) is 0 Å². The molecule has 0 spiro atoms. The molecule has 1 rings (SSSR count). The van der Waals surface area contributed by atoms with Crippen LogP contribution in [0.5, 0.6) is 0 Å². The zero-order chi connectivity index (χ0) is 13.4. The van der Waals surface area contributed by atoms with Gasteiger partial charge in [-0.25, -0.2) is 0 Å². The molecule has 2 N–H and O–H groups in total. The van der Waals surface area contributed by atoms with E-state index in [1.807, 2.05) is 18.9 Å². The molecule has 0 aromatic rings. The second kappa shape index (κ2) is 8.45. The number of rotatable bonds is 8. The maximum absolute atomic E-state index is 11.6. The molecule has 1 aliphatic rings. The molecular weight excluding hydrogens is 232 g/mol. The van der Waals surface area contributed by atoms with Gasteiger partial charge < -0.3 is 15.2 Å². The van der Waals surface area contributed by atoms with Gasteiger partial charge in [-0.3, -0.25) is 9.69 Å². The molecule has 0 heterocycles. The van der Waals surface area contributed by atoms with E-state index in [9.17, 15) is 9.90 Å². The molecule has 1 fully saturated rings. The number of carbonyl (C=O) groups excluding carboxylic acids is 1. The maximum Gasteiger partial charge on any atom is 0.234 e. The Morgan fingerprint density at radius 3 is 2.89 bits per heavy atom. The van der Waals surface area contributed by atoms with Gasteiger partial charge in [0.05, 0.1) is 19.3 Å². The third-order valence-corrected chi connectivity index (χ3v) is 3.35. The van der Waals surface area contributed by atoms with Crippen LogP contribution < -0.4 is 5.32 Å². The molecular formula is C13H26N2O3. The number of aliphatic hydroxyl groups is 1. The summed E-state index contributed by atoms with van der Waals surface area (Å²) in [6.07, 6.45) is 2.88. The van der Waals surface area contributed by atoms with E-state index in [4.69, 9.17) is 4.74 Å². The van der Waals surface area contributed by atoms with Gasteiger partial charge in [-0.05, 0) is 32.7 Å². The highest BCUT2D eigenvalue weighted by atomic mass is 16.5. The van der Waals surface area contributed by atoms with Crippen LogP contribution in [0.2, 0.25) is 0 Å². The number of hydrogen-bond acceptors (Lipinski definition) is 4. The summed E-state index contributed by atoms with van der Waals surface area (Å²) in [5.41, 5.74) is 0. The van der Waals surface area contributed by atoms with Crippen molar-refractivity contribution in [2.24, 2.45) is 5.92 Å². The fraction of sp³-hybridized carbons (Fsp3) is 0.923. The Kier molecular flexibility index (Phi) is 7.23. The molecule has 0 radical (unpaired) electrons. The van der Waals surface area contributed by atoms with Gasteiger partial charge in [0.1, 0.15) is 0 Å². The average Bonchev–Trinajstić information content (AvgIpc) is 2.70. The van der Waals surface area contributed by atoms with E-state index in [-0.39, 0.29) is 12.0 Å². The predicted octanol–water partition coefficient (Wildman–Crippen LogP) is 0.232. The molecule has 5 heteroatoms. The summed E-state index contributed by atoms with van der Waals surface area (Å²) in [5.74, 6) is 0.343. The van der Waals surface area contributed by atoms with Crippen molar-refractivity contribution >= 4 is 5.91 Å². The van der Waals surface area contributed by atoms with Crippen LogP contribution in [-0.2, 0) is 9.53 Å². The Hall–Kier alpha value is -0.650. The summed E-state index contributed by atoms with van der Waals surface area (Å²) in [4.78, 5) is 13.6. The monoisotopic (exact) mass is 258 g/mol. The van der Waals surface area contributed by atoms with Gasteiger partial charge in [-0.15, -0.1) is 0 Å². The number of likely N-dealkylation sites (N-methyl/N-ethyl adjacent to an activating group) is 1. The van der Waals surface area contributed by atoms with Crippen LogP contribution in [0.4, 0.5) is 0 Å². The lowest BCUT2D eigenvalue weighted by Gasteiger charge is -2.22. The number of nitrogens with zero attached hydrogens (tertiary/aromatic N) is 1. The Morgan fingerprint density at radius 2 is 2.28 bits per heavy atom. The van der Waals surface area contributed by atoms with Crippen molar-refractivity contribution in [2.75, 3.05) is 39.9 Å². The van der Waals surface area contributed by atoms with Gasteiger partial charge in [0.15, 0.2) is 0 Å². The summed E-state index contributed by atoms with van der Waals surface area (Å²) >= 11 is 0. The third-order valence-electron chi connectivity index (χ3n) is 3.35. The van der Waals surface area contributed by atoms with Gasteiger partial charge in [0.2, 0.25) is 5.91 Å². The highest BCUT2D eigenvalue weighted by molar-refractivity contribution is 5.77. The van der Waals surface area contributed by atoms with E-state index in [0.717, 1.165) is 25.8 Å². The molecule has 106 valence electrons. The minimum absolute atomic E-state index is 0.0182. The van der Waals surface area contributed by atoms with Crippen molar-refractivity contribution in [3.05, 3.63) is 0 Å². The van der Waals surface area contributed by atoms with Crippen molar-refractivity contribution in [1.82, 2.24) is 10.2 Å². The molecule has 0 aromatic heterocycles. The average molecular weight is 258 g/mol. The first-order valence-corrected chi connectivity index (χ1v) is 6.84. The Balaban J connectivity index is 2.11. The van der Waals surface area contributed by atoms with Crippen molar-refractivity contribution in [2.45, 2.75) is 32.3 Å². The fourth-order valence-electron chi connectivity index (χ4n) is 2.40.